The Labute approximate surface area is 170 Å². The van der Waals surface area contributed by atoms with Gasteiger partial charge in [-0.1, -0.05) is 29.8 Å². The number of carbonyl (C=O) groups excluding carboxylic acids is 1. The molecule has 1 saturated heterocycles. The molecule has 1 aromatic carbocycles. The van der Waals surface area contributed by atoms with Crippen LogP contribution >= 0.6 is 11.6 Å². The normalized spacial score (nSPS) is 18.2. The zero-order valence-corrected chi connectivity index (χ0v) is 16.9. The predicted molar refractivity (Wildman–Crippen MR) is 109 cm³/mol. The molecule has 28 heavy (non-hydrogen) atoms. The molecule has 0 saturated carbocycles. The third kappa shape index (κ3) is 4.98. The molecule has 0 radical (unpaired) electrons. The smallest absolute Gasteiger partial charge is 0.244 e. The van der Waals surface area contributed by atoms with E-state index in [2.05, 4.69) is 10.3 Å². The first kappa shape index (κ1) is 20.5. The molecule has 8 heteroatoms. The van der Waals surface area contributed by atoms with Crippen molar-refractivity contribution in [3.63, 3.8) is 0 Å². The number of rotatable bonds is 6. The van der Waals surface area contributed by atoms with Crippen molar-refractivity contribution < 1.29 is 13.2 Å². The lowest BCUT2D eigenvalue weighted by Crippen LogP contribution is -2.48. The van der Waals surface area contributed by atoms with Crippen LogP contribution in [0.25, 0.3) is 6.08 Å². The van der Waals surface area contributed by atoms with Crippen molar-refractivity contribution in [2.24, 2.45) is 0 Å². The lowest BCUT2D eigenvalue weighted by Gasteiger charge is -2.28. The maximum atomic E-state index is 13.3. The fraction of sp³-hybridized carbons (Fsp3) is 0.300. The van der Waals surface area contributed by atoms with E-state index < -0.39 is 16.1 Å². The van der Waals surface area contributed by atoms with E-state index in [1.807, 2.05) is 6.07 Å². The first-order valence-electron chi connectivity index (χ1n) is 9.10. The minimum Gasteiger partial charge on any atom is -0.355 e. The van der Waals surface area contributed by atoms with Crippen LogP contribution in [0.3, 0.4) is 0 Å². The summed E-state index contributed by atoms with van der Waals surface area (Å²) in [5.74, 6) is -0.259. The van der Waals surface area contributed by atoms with E-state index in [-0.39, 0.29) is 17.3 Å². The Balaban J connectivity index is 1.92. The summed E-state index contributed by atoms with van der Waals surface area (Å²) >= 11 is 5.90. The largest absolute Gasteiger partial charge is 0.355 e. The number of aromatic nitrogens is 1. The van der Waals surface area contributed by atoms with E-state index in [0.29, 0.717) is 18.0 Å². The van der Waals surface area contributed by atoms with Crippen molar-refractivity contribution in [1.82, 2.24) is 14.6 Å². The van der Waals surface area contributed by atoms with Crippen LogP contribution in [0.15, 0.2) is 59.8 Å². The minimum atomic E-state index is -3.87. The van der Waals surface area contributed by atoms with Gasteiger partial charge in [0.15, 0.2) is 0 Å². The van der Waals surface area contributed by atoms with Gasteiger partial charge in [0.05, 0.1) is 4.90 Å². The van der Waals surface area contributed by atoms with Crippen molar-refractivity contribution in [1.29, 1.82) is 0 Å². The van der Waals surface area contributed by atoms with Gasteiger partial charge in [0.1, 0.15) is 6.04 Å². The van der Waals surface area contributed by atoms with Gasteiger partial charge in [-0.25, -0.2) is 8.42 Å². The summed E-state index contributed by atoms with van der Waals surface area (Å²) in [6, 6.07) is 8.92. The molecule has 1 fully saturated rings. The molecule has 6 nitrogen and oxygen atoms in total. The SMILES string of the molecule is O=C1NCCCCC1N(CC=Cc1cccnc1)S(=O)(=O)c1ccc(Cl)cc1. The lowest BCUT2D eigenvalue weighted by molar-refractivity contribution is -0.124. The second kappa shape index (κ2) is 9.32. The van der Waals surface area contributed by atoms with Crippen molar-refractivity contribution >= 4 is 33.6 Å². The zero-order chi connectivity index (χ0) is 20.0. The number of benzene rings is 1. The molecule has 0 bridgehead atoms. The molecule has 1 amide bonds. The van der Waals surface area contributed by atoms with Crippen LogP contribution in [0.1, 0.15) is 24.8 Å². The molecule has 1 aliphatic heterocycles. The minimum absolute atomic E-state index is 0.0813. The van der Waals surface area contributed by atoms with Crippen LogP contribution in [-0.4, -0.2) is 42.7 Å². The van der Waals surface area contributed by atoms with Gasteiger partial charge in [-0.05, 0) is 55.2 Å². The molecule has 0 aliphatic carbocycles. The molecule has 1 aromatic heterocycles. The van der Waals surface area contributed by atoms with E-state index in [4.69, 9.17) is 11.6 Å². The molecular formula is C20H22ClN3O3S. The average molecular weight is 420 g/mol. The van der Waals surface area contributed by atoms with Gasteiger partial charge in [-0.2, -0.15) is 4.31 Å². The highest BCUT2D eigenvalue weighted by Crippen LogP contribution is 2.24. The van der Waals surface area contributed by atoms with E-state index in [9.17, 15) is 13.2 Å². The number of halogens is 1. The van der Waals surface area contributed by atoms with Crippen LogP contribution in [0.2, 0.25) is 5.02 Å². The summed E-state index contributed by atoms with van der Waals surface area (Å²) in [4.78, 5) is 16.7. The summed E-state index contributed by atoms with van der Waals surface area (Å²) < 4.78 is 27.9. The summed E-state index contributed by atoms with van der Waals surface area (Å²) in [5.41, 5.74) is 0.858. The van der Waals surface area contributed by atoms with Crippen molar-refractivity contribution in [3.8, 4) is 0 Å². The molecule has 2 aromatic rings. The quantitative estimate of drug-likeness (QED) is 0.780. The third-order valence-corrected chi connectivity index (χ3v) is 6.70. The Morgan fingerprint density at radius 2 is 2.00 bits per heavy atom. The molecule has 1 unspecified atom stereocenters. The summed E-state index contributed by atoms with van der Waals surface area (Å²) in [6.07, 6.45) is 9.00. The Morgan fingerprint density at radius 1 is 1.21 bits per heavy atom. The van der Waals surface area contributed by atoms with E-state index in [0.717, 1.165) is 18.4 Å². The first-order chi connectivity index (χ1) is 13.5. The van der Waals surface area contributed by atoms with Gasteiger partial charge in [0.2, 0.25) is 15.9 Å². The number of carbonyl (C=O) groups is 1. The molecule has 0 spiro atoms. The molecule has 1 atom stereocenters. The lowest BCUT2D eigenvalue weighted by atomic mass is 10.1. The van der Waals surface area contributed by atoms with E-state index in [1.54, 1.807) is 30.6 Å². The van der Waals surface area contributed by atoms with Gasteiger partial charge >= 0.3 is 0 Å². The average Bonchev–Trinajstić information content (AvgIpc) is 2.90. The summed E-state index contributed by atoms with van der Waals surface area (Å²) in [6.45, 7) is 0.646. The van der Waals surface area contributed by atoms with Gasteiger partial charge in [-0.3, -0.25) is 9.78 Å². The highest BCUT2D eigenvalue weighted by Gasteiger charge is 2.35. The van der Waals surface area contributed by atoms with Crippen molar-refractivity contribution in [2.75, 3.05) is 13.1 Å². The topological polar surface area (TPSA) is 79.4 Å². The Hall–Kier alpha value is -2.22. The molecule has 148 valence electrons. The van der Waals surface area contributed by atoms with Gasteiger partial charge in [0.25, 0.3) is 0 Å². The van der Waals surface area contributed by atoms with E-state index in [1.165, 1.54) is 28.6 Å². The zero-order valence-electron chi connectivity index (χ0n) is 15.3. The Morgan fingerprint density at radius 3 is 2.71 bits per heavy atom. The third-order valence-electron chi connectivity index (χ3n) is 4.55. The number of sulfonamides is 1. The highest BCUT2D eigenvalue weighted by molar-refractivity contribution is 7.89. The molecule has 2 heterocycles. The second-order valence-corrected chi connectivity index (χ2v) is 8.85. The molecule has 3 rings (SSSR count). The maximum Gasteiger partial charge on any atom is 0.244 e. The first-order valence-corrected chi connectivity index (χ1v) is 10.9. The number of hydrogen-bond acceptors (Lipinski definition) is 4. The summed E-state index contributed by atoms with van der Waals surface area (Å²) in [7, 11) is -3.87. The predicted octanol–water partition coefficient (Wildman–Crippen LogP) is 3.11. The van der Waals surface area contributed by atoms with Crippen molar-refractivity contribution in [2.45, 2.75) is 30.2 Å². The van der Waals surface area contributed by atoms with Crippen LogP contribution in [0.5, 0.6) is 0 Å². The number of amides is 1. The molecule has 1 aliphatic rings. The number of nitrogens with one attached hydrogen (secondary N) is 1. The van der Waals surface area contributed by atoms with E-state index >= 15 is 0 Å². The number of nitrogens with zero attached hydrogens (tertiary/aromatic N) is 2. The fourth-order valence-electron chi connectivity index (χ4n) is 3.10. The van der Waals surface area contributed by atoms with Crippen LogP contribution in [-0.2, 0) is 14.8 Å². The summed E-state index contributed by atoms with van der Waals surface area (Å²) in [5, 5.41) is 3.27. The maximum absolute atomic E-state index is 13.3. The highest BCUT2D eigenvalue weighted by atomic mass is 35.5. The van der Waals surface area contributed by atoms with Gasteiger partial charge < -0.3 is 5.32 Å². The molecule has 1 N–H and O–H groups in total. The number of hydrogen-bond donors (Lipinski definition) is 1. The number of pyridine rings is 1. The van der Waals surface area contributed by atoms with Gasteiger partial charge in [0, 0.05) is 30.5 Å². The Bertz CT molecular complexity index is 931. The monoisotopic (exact) mass is 419 g/mol. The van der Waals surface area contributed by atoms with Crippen LogP contribution in [0.4, 0.5) is 0 Å². The van der Waals surface area contributed by atoms with Crippen LogP contribution < -0.4 is 5.32 Å². The second-order valence-electron chi connectivity index (χ2n) is 6.52. The Kier molecular flexibility index (Phi) is 6.83. The fourth-order valence-corrected chi connectivity index (χ4v) is 4.80. The standard InChI is InChI=1S/C20H22ClN3O3S/c21-17-8-10-18(11-9-17)28(26,27)24(19-7-1-2-13-23-20(19)25)14-4-6-16-5-3-12-22-15-16/h3-6,8-12,15,19H,1-2,7,13-14H2,(H,23,25). The van der Waals surface area contributed by atoms with Gasteiger partial charge in [-0.15, -0.1) is 0 Å². The molecular weight excluding hydrogens is 398 g/mol. The van der Waals surface area contributed by atoms with Crippen molar-refractivity contribution in [3.05, 3.63) is 65.5 Å². The van der Waals surface area contributed by atoms with Crippen LogP contribution in [0, 0.1) is 0 Å².